The van der Waals surface area contributed by atoms with Crippen molar-refractivity contribution in [3.05, 3.63) is 35.6 Å². The second-order valence-corrected chi connectivity index (χ2v) is 7.46. The van der Waals surface area contributed by atoms with Crippen LogP contribution in [0.5, 0.6) is 0 Å². The Bertz CT molecular complexity index is 749. The predicted octanol–water partition coefficient (Wildman–Crippen LogP) is 3.38. The van der Waals surface area contributed by atoms with E-state index in [9.17, 15) is 4.79 Å². The summed E-state index contributed by atoms with van der Waals surface area (Å²) in [6, 6.07) is 5.26. The van der Waals surface area contributed by atoms with Crippen molar-refractivity contribution in [3.8, 4) is 0 Å². The smallest absolute Gasteiger partial charge is 0.323 e. The number of nitrogens with one attached hydrogen (secondary N) is 2. The quantitative estimate of drug-likeness (QED) is 0.784. The molecule has 26 heavy (non-hydrogen) atoms. The fourth-order valence-electron chi connectivity index (χ4n) is 2.67. The fraction of sp³-hybridized carbons (Fsp3) is 0.412. The molecule has 9 heteroatoms. The van der Waals surface area contributed by atoms with Crippen LogP contribution in [0.4, 0.5) is 21.9 Å². The van der Waals surface area contributed by atoms with Gasteiger partial charge >= 0.3 is 6.03 Å². The Labute approximate surface area is 162 Å². The largest absolute Gasteiger partial charge is 0.383 e. The second kappa shape index (κ2) is 9.16. The van der Waals surface area contributed by atoms with Crippen molar-refractivity contribution < 1.29 is 9.53 Å². The first kappa shape index (κ1) is 18.9. The van der Waals surface area contributed by atoms with E-state index >= 15 is 0 Å². The standard InChI is InChI=1S/C17H22ClN5O2S/c1-25-7-4-23-12-14(11-19-23)21-17(24)20-13-2-3-16(15(18)10-13)22-5-8-26-9-6-22/h2-3,10-12H,4-9H2,1H3,(H2,20,21,24). The summed E-state index contributed by atoms with van der Waals surface area (Å²) in [7, 11) is 1.64. The summed E-state index contributed by atoms with van der Waals surface area (Å²) in [5, 5.41) is 10.3. The Morgan fingerprint density at radius 3 is 2.81 bits per heavy atom. The zero-order chi connectivity index (χ0) is 18.4. The van der Waals surface area contributed by atoms with Crippen molar-refractivity contribution >= 4 is 46.5 Å². The van der Waals surface area contributed by atoms with E-state index in [1.807, 2.05) is 23.9 Å². The SMILES string of the molecule is COCCn1cc(NC(=O)Nc2ccc(N3CCSCC3)c(Cl)c2)cn1. The molecule has 2 heterocycles. The van der Waals surface area contributed by atoms with E-state index in [1.54, 1.807) is 30.3 Å². The number of methoxy groups -OCH3 is 1. The molecule has 1 aliphatic rings. The molecule has 7 nitrogen and oxygen atoms in total. The lowest BCUT2D eigenvalue weighted by atomic mass is 10.2. The summed E-state index contributed by atoms with van der Waals surface area (Å²) >= 11 is 8.37. The highest BCUT2D eigenvalue weighted by atomic mass is 35.5. The maximum atomic E-state index is 12.2. The van der Waals surface area contributed by atoms with Gasteiger partial charge in [0.2, 0.25) is 0 Å². The van der Waals surface area contributed by atoms with Gasteiger partial charge in [0.25, 0.3) is 0 Å². The summed E-state index contributed by atoms with van der Waals surface area (Å²) in [4.78, 5) is 14.4. The maximum Gasteiger partial charge on any atom is 0.323 e. The molecule has 1 saturated heterocycles. The number of anilines is 3. The Balaban J connectivity index is 1.57. The zero-order valence-electron chi connectivity index (χ0n) is 14.6. The van der Waals surface area contributed by atoms with Gasteiger partial charge in [-0.3, -0.25) is 4.68 Å². The van der Waals surface area contributed by atoms with Crippen LogP contribution in [0.3, 0.4) is 0 Å². The molecule has 2 N–H and O–H groups in total. The van der Waals surface area contributed by atoms with Crippen LogP contribution in [0.1, 0.15) is 0 Å². The van der Waals surface area contributed by atoms with Gasteiger partial charge in [-0.1, -0.05) is 11.6 Å². The summed E-state index contributed by atoms with van der Waals surface area (Å²) in [5.74, 6) is 2.22. The summed E-state index contributed by atoms with van der Waals surface area (Å²) < 4.78 is 6.71. The van der Waals surface area contributed by atoms with E-state index in [2.05, 4.69) is 20.6 Å². The third kappa shape index (κ3) is 5.06. The first-order valence-corrected chi connectivity index (χ1v) is 9.90. The van der Waals surface area contributed by atoms with Crippen LogP contribution in [-0.2, 0) is 11.3 Å². The van der Waals surface area contributed by atoms with Gasteiger partial charge in [0.15, 0.2) is 0 Å². The van der Waals surface area contributed by atoms with Crippen LogP contribution in [0.25, 0.3) is 0 Å². The normalized spacial score (nSPS) is 14.3. The van der Waals surface area contributed by atoms with Crippen LogP contribution >= 0.6 is 23.4 Å². The number of nitrogens with zero attached hydrogens (tertiary/aromatic N) is 3. The van der Waals surface area contributed by atoms with Gasteiger partial charge in [0.05, 0.1) is 35.7 Å². The van der Waals surface area contributed by atoms with Crippen LogP contribution in [-0.4, -0.2) is 54.1 Å². The van der Waals surface area contributed by atoms with E-state index in [0.717, 1.165) is 30.3 Å². The molecule has 0 atom stereocenters. The second-order valence-electron chi connectivity index (χ2n) is 5.83. The van der Waals surface area contributed by atoms with E-state index < -0.39 is 0 Å². The van der Waals surface area contributed by atoms with Crippen molar-refractivity contribution in [2.24, 2.45) is 0 Å². The molecule has 1 aromatic heterocycles. The average Bonchev–Trinajstić information content (AvgIpc) is 3.08. The third-order valence-corrected chi connectivity index (χ3v) is 5.22. The van der Waals surface area contributed by atoms with E-state index in [1.165, 1.54) is 0 Å². The number of carbonyl (C=O) groups excluding carboxylic acids is 1. The number of ether oxygens (including phenoxy) is 1. The number of aromatic nitrogens is 2. The van der Waals surface area contributed by atoms with Crippen molar-refractivity contribution in [3.63, 3.8) is 0 Å². The Morgan fingerprint density at radius 2 is 2.08 bits per heavy atom. The molecular weight excluding hydrogens is 374 g/mol. The minimum atomic E-state index is -0.338. The number of halogens is 1. The Morgan fingerprint density at radius 1 is 1.31 bits per heavy atom. The molecule has 1 fully saturated rings. The number of benzene rings is 1. The van der Waals surface area contributed by atoms with Crippen molar-refractivity contribution in [2.45, 2.75) is 6.54 Å². The maximum absolute atomic E-state index is 12.2. The van der Waals surface area contributed by atoms with Gasteiger partial charge in [0, 0.05) is 43.6 Å². The fourth-order valence-corrected chi connectivity index (χ4v) is 3.88. The van der Waals surface area contributed by atoms with Crippen LogP contribution in [0.15, 0.2) is 30.6 Å². The average molecular weight is 396 g/mol. The molecule has 140 valence electrons. The minimum absolute atomic E-state index is 0.338. The van der Waals surface area contributed by atoms with E-state index in [-0.39, 0.29) is 6.03 Å². The summed E-state index contributed by atoms with van der Waals surface area (Å²) in [6.07, 6.45) is 3.35. The number of thioether (sulfide) groups is 1. The van der Waals surface area contributed by atoms with Gasteiger partial charge < -0.3 is 20.3 Å². The number of rotatable bonds is 6. The highest BCUT2D eigenvalue weighted by molar-refractivity contribution is 7.99. The van der Waals surface area contributed by atoms with Crippen molar-refractivity contribution in [2.75, 3.05) is 53.8 Å². The number of hydrogen-bond donors (Lipinski definition) is 2. The molecular formula is C17H22ClN5O2S. The minimum Gasteiger partial charge on any atom is -0.383 e. The van der Waals surface area contributed by atoms with Crippen molar-refractivity contribution in [1.29, 1.82) is 0 Å². The van der Waals surface area contributed by atoms with Gasteiger partial charge in [-0.25, -0.2) is 4.79 Å². The topological polar surface area (TPSA) is 71.4 Å². The number of urea groups is 1. The molecule has 0 unspecified atom stereocenters. The summed E-state index contributed by atoms with van der Waals surface area (Å²) in [6.45, 7) is 3.18. The molecule has 0 spiro atoms. The van der Waals surface area contributed by atoms with E-state index in [0.29, 0.717) is 29.5 Å². The molecule has 0 aliphatic carbocycles. The van der Waals surface area contributed by atoms with Crippen molar-refractivity contribution in [1.82, 2.24) is 9.78 Å². The Kier molecular flexibility index (Phi) is 6.65. The molecule has 0 radical (unpaired) electrons. The third-order valence-electron chi connectivity index (χ3n) is 3.97. The lowest BCUT2D eigenvalue weighted by Crippen LogP contribution is -2.32. The van der Waals surface area contributed by atoms with Crippen LogP contribution < -0.4 is 15.5 Å². The highest BCUT2D eigenvalue weighted by Crippen LogP contribution is 2.30. The van der Waals surface area contributed by atoms with Gasteiger partial charge in [0.1, 0.15) is 0 Å². The Hall–Kier alpha value is -1.90. The molecule has 0 bridgehead atoms. The number of hydrogen-bond acceptors (Lipinski definition) is 5. The highest BCUT2D eigenvalue weighted by Gasteiger charge is 2.15. The van der Waals surface area contributed by atoms with Gasteiger partial charge in [-0.05, 0) is 18.2 Å². The van der Waals surface area contributed by atoms with Gasteiger partial charge in [-0.15, -0.1) is 0 Å². The molecule has 1 aliphatic heterocycles. The first-order valence-electron chi connectivity index (χ1n) is 8.37. The van der Waals surface area contributed by atoms with Crippen LogP contribution in [0.2, 0.25) is 5.02 Å². The first-order chi connectivity index (χ1) is 12.7. The monoisotopic (exact) mass is 395 g/mol. The molecule has 1 aromatic carbocycles. The number of amides is 2. The van der Waals surface area contributed by atoms with Gasteiger partial charge in [-0.2, -0.15) is 16.9 Å². The lowest BCUT2D eigenvalue weighted by molar-refractivity contribution is 0.183. The zero-order valence-corrected chi connectivity index (χ0v) is 16.1. The predicted molar refractivity (Wildman–Crippen MR) is 108 cm³/mol. The molecule has 2 amide bonds. The molecule has 2 aromatic rings. The summed E-state index contributed by atoms with van der Waals surface area (Å²) in [5.41, 5.74) is 2.28. The molecule has 0 saturated carbocycles. The van der Waals surface area contributed by atoms with Crippen LogP contribution in [0, 0.1) is 0 Å². The molecule has 3 rings (SSSR count). The lowest BCUT2D eigenvalue weighted by Gasteiger charge is -2.29. The number of carbonyl (C=O) groups is 1. The van der Waals surface area contributed by atoms with E-state index in [4.69, 9.17) is 16.3 Å².